The maximum absolute atomic E-state index is 6.71. The first kappa shape index (κ1) is 40.1. The smallest absolute Gasteiger partial charge is 0.162 e. The van der Waals surface area contributed by atoms with Crippen LogP contribution in [0.1, 0.15) is 0 Å². The Hall–Kier alpha value is -8.97. The van der Waals surface area contributed by atoms with Gasteiger partial charge in [0.1, 0.15) is 17.0 Å². The Labute approximate surface area is 405 Å². The van der Waals surface area contributed by atoms with Gasteiger partial charge in [-0.15, -0.1) is 10.0 Å². The zero-order chi connectivity index (χ0) is 46.2. The SMILES string of the molecule is c1ccc(S(c2ccccc2)(c2ccccc2)c2cccc(-c3nc(-c4cccc5c4oc4ccccc45)cc(-n4c5ccccc5c5cc(-n6c7ccccc7c7ccccc76)ccc54)n3)c2)cc1. The molecular formula is C64H42N4OS. The van der Waals surface area contributed by atoms with Crippen molar-refractivity contribution in [2.24, 2.45) is 0 Å². The van der Waals surface area contributed by atoms with Gasteiger partial charge in [-0.2, -0.15) is 0 Å². The summed E-state index contributed by atoms with van der Waals surface area (Å²) in [7, 11) is -1.99. The predicted molar refractivity (Wildman–Crippen MR) is 289 cm³/mol. The number of hydrogen-bond donors (Lipinski definition) is 0. The molecule has 14 rings (SSSR count). The molecule has 0 atom stereocenters. The minimum absolute atomic E-state index is 0.623. The van der Waals surface area contributed by atoms with Gasteiger partial charge in [0.25, 0.3) is 0 Å². The van der Waals surface area contributed by atoms with Crippen molar-refractivity contribution < 1.29 is 4.42 Å². The Kier molecular flexibility index (Phi) is 9.22. The number of fused-ring (bicyclic) bond motifs is 9. The van der Waals surface area contributed by atoms with Crippen LogP contribution in [0.15, 0.2) is 279 Å². The molecule has 0 bridgehead atoms. The zero-order valence-corrected chi connectivity index (χ0v) is 38.7. The lowest BCUT2D eigenvalue weighted by molar-refractivity contribution is 0.670. The molecule has 0 saturated heterocycles. The fraction of sp³-hybridized carbons (Fsp3) is 0. The molecule has 0 aliphatic carbocycles. The molecular weight excluding hydrogens is 873 g/mol. The molecule has 5 nitrogen and oxygen atoms in total. The molecule has 0 unspecified atom stereocenters. The Morgan fingerprint density at radius 3 is 1.49 bits per heavy atom. The van der Waals surface area contributed by atoms with Gasteiger partial charge in [-0.1, -0.05) is 152 Å². The van der Waals surface area contributed by atoms with E-state index in [-0.39, 0.29) is 0 Å². The third-order valence-corrected chi connectivity index (χ3v) is 17.8. The van der Waals surface area contributed by atoms with Crippen molar-refractivity contribution in [3.63, 3.8) is 0 Å². The van der Waals surface area contributed by atoms with Gasteiger partial charge in [0.15, 0.2) is 5.82 Å². The summed E-state index contributed by atoms with van der Waals surface area (Å²) in [6, 6.07) is 91.5. The van der Waals surface area contributed by atoms with E-state index in [2.05, 4.69) is 252 Å². The van der Waals surface area contributed by atoms with Gasteiger partial charge in [0.2, 0.25) is 0 Å². The number of rotatable bonds is 8. The van der Waals surface area contributed by atoms with E-state index >= 15 is 0 Å². The van der Waals surface area contributed by atoms with Crippen LogP contribution in [0.2, 0.25) is 0 Å². The highest BCUT2D eigenvalue weighted by atomic mass is 32.3. The second-order valence-electron chi connectivity index (χ2n) is 17.7. The standard InChI is InChI=1S/C64H42N4OS/c1-4-21-45(22-5-1)70(46-23-6-2-7-24-46,47-25-8-3-9-26-47)48-27-18-20-43(40-48)64-65-56(54-33-19-32-53-52-31-13-17-37-61(52)69-63(53)54)42-62(66-64)68-59-36-16-12-30-51(59)55-41-44(38-39-60(55)68)67-57-34-14-10-28-49(57)50-29-11-15-35-58(50)67/h1-42H. The van der Waals surface area contributed by atoms with E-state index in [1.165, 1.54) is 41.4 Å². The van der Waals surface area contributed by atoms with Crippen molar-refractivity contribution in [1.29, 1.82) is 0 Å². The van der Waals surface area contributed by atoms with Crippen molar-refractivity contribution in [1.82, 2.24) is 19.1 Å². The summed E-state index contributed by atoms with van der Waals surface area (Å²) in [6.07, 6.45) is 0. The van der Waals surface area contributed by atoms with Crippen molar-refractivity contribution in [3.8, 4) is 34.2 Å². The molecule has 6 heteroatoms. The van der Waals surface area contributed by atoms with Gasteiger partial charge >= 0.3 is 0 Å². The summed E-state index contributed by atoms with van der Waals surface area (Å²) >= 11 is 0. The van der Waals surface area contributed by atoms with Gasteiger partial charge < -0.3 is 8.98 Å². The fourth-order valence-electron chi connectivity index (χ4n) is 10.8. The van der Waals surface area contributed by atoms with Crippen LogP contribution in [0, 0.1) is 0 Å². The van der Waals surface area contributed by atoms with Crippen LogP contribution in [0.5, 0.6) is 0 Å². The lowest BCUT2D eigenvalue weighted by Gasteiger charge is -2.42. The normalized spacial score (nSPS) is 12.2. The first-order valence-electron chi connectivity index (χ1n) is 23.6. The number of nitrogens with zero attached hydrogens (tertiary/aromatic N) is 4. The van der Waals surface area contributed by atoms with Gasteiger partial charge in [0, 0.05) is 74.8 Å². The lowest BCUT2D eigenvalue weighted by atomic mass is 10.1. The summed E-state index contributed by atoms with van der Waals surface area (Å²) in [5.74, 6) is 1.39. The number of hydrogen-bond acceptors (Lipinski definition) is 3. The number of para-hydroxylation sites is 5. The third-order valence-electron chi connectivity index (χ3n) is 13.9. The van der Waals surface area contributed by atoms with E-state index in [9.17, 15) is 0 Å². The average molecular weight is 915 g/mol. The van der Waals surface area contributed by atoms with E-state index in [4.69, 9.17) is 14.4 Å². The molecule has 0 amide bonds. The van der Waals surface area contributed by atoms with E-state index in [1.54, 1.807) is 0 Å². The fourth-order valence-corrected chi connectivity index (χ4v) is 14.7. The minimum atomic E-state index is -1.99. The largest absolute Gasteiger partial charge is 0.455 e. The number of furan rings is 1. The van der Waals surface area contributed by atoms with Crippen molar-refractivity contribution >= 4 is 75.6 Å². The topological polar surface area (TPSA) is 48.8 Å². The molecule has 4 aromatic heterocycles. The van der Waals surface area contributed by atoms with Crippen LogP contribution in [-0.2, 0) is 0 Å². The molecule has 14 aromatic rings. The molecule has 70 heavy (non-hydrogen) atoms. The van der Waals surface area contributed by atoms with Crippen LogP contribution in [0.25, 0.3) is 99.7 Å². The quantitative estimate of drug-likeness (QED) is 0.153. The highest BCUT2D eigenvalue weighted by molar-refractivity contribution is 8.34. The Morgan fingerprint density at radius 1 is 0.343 bits per heavy atom. The Morgan fingerprint density at radius 2 is 0.843 bits per heavy atom. The second-order valence-corrected chi connectivity index (χ2v) is 20.8. The molecule has 330 valence electrons. The van der Waals surface area contributed by atoms with Gasteiger partial charge in [0.05, 0.1) is 27.8 Å². The molecule has 0 radical (unpaired) electrons. The Balaban J connectivity index is 1.03. The van der Waals surface area contributed by atoms with E-state index in [1.807, 2.05) is 12.1 Å². The molecule has 0 fully saturated rings. The summed E-state index contributed by atoms with van der Waals surface area (Å²) in [4.78, 5) is 16.1. The minimum Gasteiger partial charge on any atom is -0.455 e. The van der Waals surface area contributed by atoms with Crippen LogP contribution in [0.4, 0.5) is 0 Å². The van der Waals surface area contributed by atoms with Crippen molar-refractivity contribution in [2.75, 3.05) is 0 Å². The van der Waals surface area contributed by atoms with Crippen LogP contribution in [-0.4, -0.2) is 19.1 Å². The average Bonchev–Trinajstić information content (AvgIpc) is 4.10. The summed E-state index contributed by atoms with van der Waals surface area (Å²) in [6.45, 7) is 0. The first-order valence-corrected chi connectivity index (χ1v) is 25.3. The summed E-state index contributed by atoms with van der Waals surface area (Å²) in [5, 5.41) is 6.88. The van der Waals surface area contributed by atoms with Gasteiger partial charge in [-0.3, -0.25) is 4.57 Å². The monoisotopic (exact) mass is 914 g/mol. The molecule has 0 aliphatic rings. The highest BCUT2D eigenvalue weighted by Gasteiger charge is 2.33. The molecule has 0 saturated carbocycles. The first-order chi connectivity index (χ1) is 34.7. The lowest BCUT2D eigenvalue weighted by Crippen LogP contribution is -2.06. The molecule has 4 heterocycles. The van der Waals surface area contributed by atoms with E-state index < -0.39 is 10.0 Å². The molecule has 0 N–H and O–H groups in total. The predicted octanol–water partition coefficient (Wildman–Crippen LogP) is 17.2. The van der Waals surface area contributed by atoms with E-state index in [0.717, 1.165) is 72.1 Å². The maximum Gasteiger partial charge on any atom is 0.162 e. The van der Waals surface area contributed by atoms with Crippen molar-refractivity contribution in [2.45, 2.75) is 19.6 Å². The van der Waals surface area contributed by atoms with Gasteiger partial charge in [-0.25, -0.2) is 9.97 Å². The molecule has 10 aromatic carbocycles. The summed E-state index contributed by atoms with van der Waals surface area (Å²) < 4.78 is 11.4. The highest BCUT2D eigenvalue weighted by Crippen LogP contribution is 2.73. The number of aromatic nitrogens is 4. The Bertz CT molecular complexity index is 4160. The van der Waals surface area contributed by atoms with E-state index in [0.29, 0.717) is 5.82 Å². The van der Waals surface area contributed by atoms with Crippen LogP contribution in [0.3, 0.4) is 0 Å². The second kappa shape index (κ2) is 16.1. The number of benzene rings is 10. The van der Waals surface area contributed by atoms with Crippen LogP contribution >= 0.6 is 10.0 Å². The van der Waals surface area contributed by atoms with Crippen molar-refractivity contribution in [3.05, 3.63) is 255 Å². The zero-order valence-electron chi connectivity index (χ0n) is 37.9. The molecule has 0 spiro atoms. The third kappa shape index (κ3) is 6.13. The van der Waals surface area contributed by atoms with Gasteiger partial charge in [-0.05, 0) is 97.1 Å². The molecule has 0 aliphatic heterocycles. The van der Waals surface area contributed by atoms with Crippen LogP contribution < -0.4 is 0 Å². The summed E-state index contributed by atoms with van der Waals surface area (Å²) in [5.41, 5.74) is 9.81. The maximum atomic E-state index is 6.71.